The monoisotopic (exact) mass is 1000 g/mol. The zero-order valence-corrected chi connectivity index (χ0v) is 46.0. The zero-order valence-electron chi connectivity index (χ0n) is 46.0. The van der Waals surface area contributed by atoms with Crippen molar-refractivity contribution in [2.45, 2.75) is 314 Å². The van der Waals surface area contributed by atoms with Gasteiger partial charge in [-0.3, -0.25) is 4.79 Å². The van der Waals surface area contributed by atoms with Crippen molar-refractivity contribution in [1.82, 2.24) is 5.32 Å². The fourth-order valence-electron chi connectivity index (χ4n) is 9.28. The Kier molecular flexibility index (Phi) is 48.4. The van der Waals surface area contributed by atoms with Gasteiger partial charge in [0.05, 0.1) is 25.4 Å². The van der Waals surface area contributed by atoms with Crippen molar-refractivity contribution < 1.29 is 39.8 Å². The number of unbranched alkanes of at least 4 members (excludes halogenated alkanes) is 33. The highest BCUT2D eigenvalue weighted by Gasteiger charge is 2.44. The van der Waals surface area contributed by atoms with Gasteiger partial charge in [-0.2, -0.15) is 0 Å². The van der Waals surface area contributed by atoms with Gasteiger partial charge in [0.1, 0.15) is 24.4 Å². The number of hydrogen-bond donors (Lipinski definition) is 6. The average molecular weight is 1000 g/mol. The highest BCUT2D eigenvalue weighted by molar-refractivity contribution is 5.76. The van der Waals surface area contributed by atoms with Gasteiger partial charge < -0.3 is 40.3 Å². The largest absolute Gasteiger partial charge is 0.394 e. The Hall–Kier alpha value is -2.11. The third-order valence-electron chi connectivity index (χ3n) is 14.0. The first-order chi connectivity index (χ1) is 34.8. The number of amides is 1. The lowest BCUT2D eigenvalue weighted by molar-refractivity contribution is -0.302. The SMILES string of the molecule is CCCCCCC/C=C\C/C=C\CCCCCCCCCCCCCCCCCCCC(=O)NC(COC1OC(CO)C(O)C(O)C1O)C(O)/C=C/CC/C=C/CC/C=C/CCCCCCCCCCC. The topological polar surface area (TPSA) is 149 Å². The first kappa shape index (κ1) is 66.9. The minimum absolute atomic E-state index is 0.189. The van der Waals surface area contributed by atoms with Crippen LogP contribution in [0.25, 0.3) is 0 Å². The highest BCUT2D eigenvalue weighted by Crippen LogP contribution is 2.23. The second-order valence-corrected chi connectivity index (χ2v) is 20.8. The molecule has 0 radical (unpaired) electrons. The molecule has 6 N–H and O–H groups in total. The smallest absolute Gasteiger partial charge is 0.220 e. The lowest BCUT2D eigenvalue weighted by atomic mass is 9.99. The zero-order chi connectivity index (χ0) is 51.5. The summed E-state index contributed by atoms with van der Waals surface area (Å²) < 4.78 is 11.3. The van der Waals surface area contributed by atoms with Crippen LogP contribution in [0.2, 0.25) is 0 Å². The summed E-state index contributed by atoms with van der Waals surface area (Å²) in [7, 11) is 0. The third-order valence-corrected chi connectivity index (χ3v) is 14.0. The van der Waals surface area contributed by atoms with Crippen molar-refractivity contribution in [3.8, 4) is 0 Å². The average Bonchev–Trinajstić information content (AvgIpc) is 3.37. The molecular weight excluding hydrogens is 887 g/mol. The maximum atomic E-state index is 13.1. The molecule has 7 atom stereocenters. The van der Waals surface area contributed by atoms with Crippen LogP contribution in [0.4, 0.5) is 0 Å². The summed E-state index contributed by atoms with van der Waals surface area (Å²) >= 11 is 0. The van der Waals surface area contributed by atoms with Crippen molar-refractivity contribution in [3.63, 3.8) is 0 Å². The van der Waals surface area contributed by atoms with E-state index in [0.717, 1.165) is 51.4 Å². The van der Waals surface area contributed by atoms with E-state index in [1.807, 2.05) is 6.08 Å². The van der Waals surface area contributed by atoms with Crippen molar-refractivity contribution in [1.29, 1.82) is 0 Å². The molecule has 1 saturated heterocycles. The van der Waals surface area contributed by atoms with Crippen LogP contribution in [-0.2, 0) is 14.3 Å². The van der Waals surface area contributed by atoms with Gasteiger partial charge in [-0.15, -0.1) is 0 Å². The van der Waals surface area contributed by atoms with E-state index in [4.69, 9.17) is 9.47 Å². The number of aliphatic hydroxyl groups excluding tert-OH is 5. The van der Waals surface area contributed by atoms with Crippen LogP contribution in [0.1, 0.15) is 271 Å². The molecule has 1 aliphatic rings. The van der Waals surface area contributed by atoms with Gasteiger partial charge >= 0.3 is 0 Å². The van der Waals surface area contributed by atoms with E-state index in [2.05, 4.69) is 67.8 Å². The number of carbonyl (C=O) groups excluding carboxylic acids is 1. The van der Waals surface area contributed by atoms with Gasteiger partial charge in [0.15, 0.2) is 6.29 Å². The standard InChI is InChI=1S/C62H113NO8/c1-3-5-7-9-11-13-15-17-19-21-23-24-25-26-27-28-29-30-31-32-34-36-38-40-42-44-46-48-50-52-58(66)63-55(54-70-62-61(69)60(68)59(67)57(53-64)71-62)56(65)51-49-47-45-43-41-39-37-35-33-22-20-18-16-14-12-10-8-6-4-2/h15,17,21,23,33,35,41,43,49,51,55-57,59-62,64-65,67-69H,3-14,16,18-20,22,24-32,34,36-40,42,44-48,50,52-54H2,1-2H3,(H,63,66)/b17-15-,23-21-,35-33+,43-41+,51-49+. The van der Waals surface area contributed by atoms with E-state index < -0.39 is 49.5 Å². The number of nitrogens with one attached hydrogen (secondary N) is 1. The van der Waals surface area contributed by atoms with Crippen LogP contribution in [0.5, 0.6) is 0 Å². The fraction of sp³-hybridized carbons (Fsp3) is 0.823. The summed E-state index contributed by atoms with van der Waals surface area (Å²) in [4.78, 5) is 13.1. The Morgan fingerprint density at radius 1 is 0.479 bits per heavy atom. The Morgan fingerprint density at radius 2 is 0.845 bits per heavy atom. The molecule has 71 heavy (non-hydrogen) atoms. The molecule has 0 aromatic heterocycles. The fourth-order valence-corrected chi connectivity index (χ4v) is 9.28. The van der Waals surface area contributed by atoms with Crippen LogP contribution < -0.4 is 5.32 Å². The van der Waals surface area contributed by atoms with E-state index in [9.17, 15) is 30.3 Å². The first-order valence-electron chi connectivity index (χ1n) is 30.0. The molecule has 1 heterocycles. The van der Waals surface area contributed by atoms with Crippen molar-refractivity contribution in [2.75, 3.05) is 13.2 Å². The Morgan fingerprint density at radius 3 is 1.27 bits per heavy atom. The number of aliphatic hydroxyl groups is 5. The second-order valence-electron chi connectivity index (χ2n) is 20.8. The number of rotatable bonds is 51. The van der Waals surface area contributed by atoms with Gasteiger partial charge in [0.25, 0.3) is 0 Å². The normalized spacial score (nSPS) is 19.7. The molecule has 1 rings (SSSR count). The van der Waals surface area contributed by atoms with E-state index in [0.29, 0.717) is 6.42 Å². The summed E-state index contributed by atoms with van der Waals surface area (Å²) in [6, 6.07) is -0.829. The quantitative estimate of drug-likeness (QED) is 0.0261. The Bertz CT molecular complexity index is 1300. The second kappa shape index (κ2) is 51.4. The third kappa shape index (κ3) is 40.9. The van der Waals surface area contributed by atoms with E-state index in [-0.39, 0.29) is 12.5 Å². The molecule has 1 fully saturated rings. The van der Waals surface area contributed by atoms with Crippen LogP contribution in [-0.4, -0.2) is 87.5 Å². The Balaban J connectivity index is 2.21. The lowest BCUT2D eigenvalue weighted by Gasteiger charge is -2.40. The first-order valence-corrected chi connectivity index (χ1v) is 30.0. The highest BCUT2D eigenvalue weighted by atomic mass is 16.7. The predicted octanol–water partition coefficient (Wildman–Crippen LogP) is 15.1. The molecule has 9 heteroatoms. The maximum absolute atomic E-state index is 13.1. The molecule has 0 aromatic rings. The van der Waals surface area contributed by atoms with Gasteiger partial charge in [-0.25, -0.2) is 0 Å². The molecule has 9 nitrogen and oxygen atoms in total. The minimum atomic E-state index is -1.58. The number of allylic oxidation sites excluding steroid dienone is 9. The van der Waals surface area contributed by atoms with Gasteiger partial charge in [-0.05, 0) is 77.0 Å². The number of carbonyl (C=O) groups is 1. The molecule has 0 bridgehead atoms. The Labute approximate surface area is 436 Å². The van der Waals surface area contributed by atoms with Crippen molar-refractivity contribution >= 4 is 5.91 Å². The summed E-state index contributed by atoms with van der Waals surface area (Å²) in [6.07, 6.45) is 62.9. The molecule has 0 aromatic carbocycles. The predicted molar refractivity (Wildman–Crippen MR) is 299 cm³/mol. The number of hydrogen-bond acceptors (Lipinski definition) is 8. The molecule has 0 saturated carbocycles. The molecule has 7 unspecified atom stereocenters. The van der Waals surface area contributed by atoms with Crippen LogP contribution in [0.3, 0.4) is 0 Å². The minimum Gasteiger partial charge on any atom is -0.394 e. The van der Waals surface area contributed by atoms with Gasteiger partial charge in [0.2, 0.25) is 5.91 Å². The van der Waals surface area contributed by atoms with Crippen molar-refractivity contribution in [2.24, 2.45) is 0 Å². The van der Waals surface area contributed by atoms with E-state index >= 15 is 0 Å². The molecule has 1 aliphatic heterocycles. The summed E-state index contributed by atoms with van der Waals surface area (Å²) in [5.41, 5.74) is 0. The van der Waals surface area contributed by atoms with Crippen LogP contribution in [0, 0.1) is 0 Å². The van der Waals surface area contributed by atoms with Gasteiger partial charge in [0, 0.05) is 6.42 Å². The van der Waals surface area contributed by atoms with Crippen LogP contribution >= 0.6 is 0 Å². The van der Waals surface area contributed by atoms with E-state index in [1.54, 1.807) is 6.08 Å². The molecule has 414 valence electrons. The molecule has 0 spiro atoms. The van der Waals surface area contributed by atoms with Gasteiger partial charge in [-0.1, -0.05) is 248 Å². The molecule has 0 aliphatic carbocycles. The molecule has 1 amide bonds. The summed E-state index contributed by atoms with van der Waals surface area (Å²) in [5.74, 6) is -0.189. The van der Waals surface area contributed by atoms with Crippen molar-refractivity contribution in [3.05, 3.63) is 60.8 Å². The van der Waals surface area contributed by atoms with Crippen LogP contribution in [0.15, 0.2) is 60.8 Å². The van der Waals surface area contributed by atoms with E-state index in [1.165, 1.54) is 199 Å². The number of ether oxygens (including phenoxy) is 2. The summed E-state index contributed by atoms with van der Waals surface area (Å²) in [6.45, 7) is 3.76. The molecular formula is C62H113NO8. The summed E-state index contributed by atoms with van der Waals surface area (Å²) in [5, 5.41) is 54.5. The lowest BCUT2D eigenvalue weighted by Crippen LogP contribution is -2.60. The maximum Gasteiger partial charge on any atom is 0.220 e.